The highest BCUT2D eigenvalue weighted by molar-refractivity contribution is 6.31. The zero-order valence-corrected chi connectivity index (χ0v) is 10.5. The van der Waals surface area contributed by atoms with E-state index in [0.717, 1.165) is 0 Å². The molecule has 4 heteroatoms. The SMILES string of the molecule is COc1cccc(Cl)c1C(O)c1ccc(F)cc1. The fraction of sp³-hybridized carbons (Fsp3) is 0.143. The van der Waals surface area contributed by atoms with Gasteiger partial charge in [-0.25, -0.2) is 4.39 Å². The molecule has 2 aromatic rings. The number of aliphatic hydroxyl groups is 1. The predicted octanol–water partition coefficient (Wildman–Crippen LogP) is 3.57. The van der Waals surface area contributed by atoms with Gasteiger partial charge < -0.3 is 9.84 Å². The molecule has 0 saturated heterocycles. The summed E-state index contributed by atoms with van der Waals surface area (Å²) in [6.07, 6.45) is -0.950. The largest absolute Gasteiger partial charge is 0.496 e. The quantitative estimate of drug-likeness (QED) is 0.920. The zero-order valence-electron chi connectivity index (χ0n) is 9.73. The third kappa shape index (κ3) is 2.47. The van der Waals surface area contributed by atoms with Crippen molar-refractivity contribution < 1.29 is 14.2 Å². The molecule has 0 saturated carbocycles. The minimum absolute atomic E-state index is 0.350. The molecule has 18 heavy (non-hydrogen) atoms. The molecule has 1 atom stereocenters. The van der Waals surface area contributed by atoms with Crippen molar-refractivity contribution in [3.8, 4) is 5.75 Å². The second kappa shape index (κ2) is 5.38. The van der Waals surface area contributed by atoms with Crippen molar-refractivity contribution in [1.82, 2.24) is 0 Å². The van der Waals surface area contributed by atoms with Crippen LogP contribution in [-0.4, -0.2) is 12.2 Å². The summed E-state index contributed by atoms with van der Waals surface area (Å²) in [5.41, 5.74) is 1.04. The van der Waals surface area contributed by atoms with Crippen LogP contribution in [-0.2, 0) is 0 Å². The van der Waals surface area contributed by atoms with Crippen LogP contribution in [0.3, 0.4) is 0 Å². The predicted molar refractivity (Wildman–Crippen MR) is 68.5 cm³/mol. The van der Waals surface area contributed by atoms with E-state index < -0.39 is 6.10 Å². The first-order valence-corrected chi connectivity index (χ1v) is 5.77. The van der Waals surface area contributed by atoms with Crippen molar-refractivity contribution in [2.24, 2.45) is 0 Å². The lowest BCUT2D eigenvalue weighted by Gasteiger charge is -2.16. The fourth-order valence-corrected chi connectivity index (χ4v) is 2.04. The maximum Gasteiger partial charge on any atom is 0.126 e. The Balaban J connectivity index is 2.45. The Labute approximate surface area is 110 Å². The number of hydrogen-bond donors (Lipinski definition) is 1. The lowest BCUT2D eigenvalue weighted by atomic mass is 10.0. The molecule has 0 aliphatic carbocycles. The smallest absolute Gasteiger partial charge is 0.126 e. The van der Waals surface area contributed by atoms with Gasteiger partial charge in [-0.2, -0.15) is 0 Å². The van der Waals surface area contributed by atoms with Gasteiger partial charge in [0.15, 0.2) is 0 Å². The summed E-state index contributed by atoms with van der Waals surface area (Å²) < 4.78 is 18.0. The van der Waals surface area contributed by atoms with E-state index in [1.807, 2.05) is 0 Å². The number of hydrogen-bond acceptors (Lipinski definition) is 2. The van der Waals surface area contributed by atoms with Gasteiger partial charge in [0.1, 0.15) is 17.7 Å². The van der Waals surface area contributed by atoms with Crippen molar-refractivity contribution in [1.29, 1.82) is 0 Å². The van der Waals surface area contributed by atoms with Gasteiger partial charge in [0, 0.05) is 5.56 Å². The Hall–Kier alpha value is -1.58. The molecule has 1 N–H and O–H groups in total. The number of ether oxygens (including phenoxy) is 1. The average Bonchev–Trinajstić information content (AvgIpc) is 2.38. The molecule has 0 aliphatic rings. The molecule has 2 nitrogen and oxygen atoms in total. The molecule has 0 aliphatic heterocycles. The van der Waals surface area contributed by atoms with Crippen LogP contribution in [0.2, 0.25) is 5.02 Å². The van der Waals surface area contributed by atoms with E-state index in [1.54, 1.807) is 18.2 Å². The molecule has 0 bridgehead atoms. The van der Waals surface area contributed by atoms with Crippen LogP contribution < -0.4 is 4.74 Å². The van der Waals surface area contributed by atoms with Crippen molar-refractivity contribution in [2.75, 3.05) is 7.11 Å². The Morgan fingerprint density at radius 3 is 2.44 bits per heavy atom. The molecular weight excluding hydrogens is 255 g/mol. The van der Waals surface area contributed by atoms with Crippen LogP contribution in [0.15, 0.2) is 42.5 Å². The standard InChI is InChI=1S/C14H12ClFO2/c1-18-12-4-2-3-11(15)13(12)14(17)9-5-7-10(16)8-6-9/h2-8,14,17H,1H3. The summed E-state index contributed by atoms with van der Waals surface area (Å²) in [6, 6.07) is 10.7. The molecule has 0 fully saturated rings. The third-order valence-corrected chi connectivity index (χ3v) is 3.02. The van der Waals surface area contributed by atoms with Crippen molar-refractivity contribution in [3.05, 3.63) is 64.4 Å². The van der Waals surface area contributed by atoms with Crippen LogP contribution in [0.5, 0.6) is 5.75 Å². The monoisotopic (exact) mass is 266 g/mol. The van der Waals surface area contributed by atoms with E-state index in [9.17, 15) is 9.50 Å². The molecule has 0 radical (unpaired) electrons. The zero-order chi connectivity index (χ0) is 13.1. The molecule has 0 spiro atoms. The number of methoxy groups -OCH3 is 1. The summed E-state index contributed by atoms with van der Waals surface area (Å²) in [5, 5.41) is 10.7. The average molecular weight is 267 g/mol. The summed E-state index contributed by atoms with van der Waals surface area (Å²) in [4.78, 5) is 0. The Bertz CT molecular complexity index is 540. The van der Waals surface area contributed by atoms with E-state index >= 15 is 0 Å². The highest BCUT2D eigenvalue weighted by Crippen LogP contribution is 2.35. The van der Waals surface area contributed by atoms with Crippen LogP contribution in [0.1, 0.15) is 17.2 Å². The van der Waals surface area contributed by atoms with Gasteiger partial charge in [0.2, 0.25) is 0 Å². The molecule has 0 heterocycles. The molecule has 0 amide bonds. The highest BCUT2D eigenvalue weighted by Gasteiger charge is 2.18. The molecular formula is C14H12ClFO2. The van der Waals surface area contributed by atoms with Crippen molar-refractivity contribution in [3.63, 3.8) is 0 Å². The van der Waals surface area contributed by atoms with Gasteiger partial charge in [-0.15, -0.1) is 0 Å². The molecule has 2 rings (SSSR count). The first-order valence-electron chi connectivity index (χ1n) is 5.39. The van der Waals surface area contributed by atoms with Gasteiger partial charge in [-0.1, -0.05) is 29.8 Å². The lowest BCUT2D eigenvalue weighted by molar-refractivity contribution is 0.214. The first-order chi connectivity index (χ1) is 8.63. The van der Waals surface area contributed by atoms with E-state index in [4.69, 9.17) is 16.3 Å². The van der Waals surface area contributed by atoms with Gasteiger partial charge in [0.25, 0.3) is 0 Å². The number of halogens is 2. The number of benzene rings is 2. The van der Waals surface area contributed by atoms with E-state index in [0.29, 0.717) is 21.9 Å². The summed E-state index contributed by atoms with van der Waals surface area (Å²) in [7, 11) is 1.51. The first kappa shape index (κ1) is 12.9. The van der Waals surface area contributed by atoms with E-state index in [1.165, 1.54) is 31.4 Å². The molecule has 1 unspecified atom stereocenters. The molecule has 0 aromatic heterocycles. The maximum atomic E-state index is 12.8. The van der Waals surface area contributed by atoms with Crippen molar-refractivity contribution in [2.45, 2.75) is 6.10 Å². The van der Waals surface area contributed by atoms with Crippen LogP contribution in [0.4, 0.5) is 4.39 Å². The summed E-state index contributed by atoms with van der Waals surface area (Å²) in [5.74, 6) is 0.149. The third-order valence-electron chi connectivity index (χ3n) is 2.69. The second-order valence-corrected chi connectivity index (χ2v) is 4.22. The van der Waals surface area contributed by atoms with Gasteiger partial charge in [0.05, 0.1) is 12.1 Å². The minimum atomic E-state index is -0.950. The lowest BCUT2D eigenvalue weighted by Crippen LogP contribution is -2.03. The van der Waals surface area contributed by atoms with Crippen LogP contribution in [0, 0.1) is 5.82 Å². The maximum absolute atomic E-state index is 12.8. The minimum Gasteiger partial charge on any atom is -0.496 e. The van der Waals surface area contributed by atoms with Gasteiger partial charge in [-0.05, 0) is 29.8 Å². The summed E-state index contributed by atoms with van der Waals surface area (Å²) >= 11 is 6.07. The van der Waals surface area contributed by atoms with Crippen LogP contribution in [0.25, 0.3) is 0 Å². The van der Waals surface area contributed by atoms with Gasteiger partial charge in [-0.3, -0.25) is 0 Å². The van der Waals surface area contributed by atoms with Crippen molar-refractivity contribution >= 4 is 11.6 Å². The number of rotatable bonds is 3. The highest BCUT2D eigenvalue weighted by atomic mass is 35.5. The Morgan fingerprint density at radius 2 is 1.83 bits per heavy atom. The van der Waals surface area contributed by atoms with E-state index in [2.05, 4.69) is 0 Å². The Morgan fingerprint density at radius 1 is 1.17 bits per heavy atom. The topological polar surface area (TPSA) is 29.5 Å². The van der Waals surface area contributed by atoms with Gasteiger partial charge >= 0.3 is 0 Å². The molecule has 2 aromatic carbocycles. The molecule has 94 valence electrons. The Kier molecular flexibility index (Phi) is 3.84. The second-order valence-electron chi connectivity index (χ2n) is 3.81. The summed E-state index contributed by atoms with van der Waals surface area (Å²) in [6.45, 7) is 0. The van der Waals surface area contributed by atoms with E-state index in [-0.39, 0.29) is 5.82 Å². The van der Waals surface area contributed by atoms with Crippen LogP contribution >= 0.6 is 11.6 Å². The fourth-order valence-electron chi connectivity index (χ4n) is 1.77. The normalized spacial score (nSPS) is 12.2. The number of aliphatic hydroxyl groups excluding tert-OH is 1.